The van der Waals surface area contributed by atoms with Gasteiger partial charge in [0.15, 0.2) is 0 Å². The largest absolute Gasteiger partial charge is 0.346 e. The summed E-state index contributed by atoms with van der Waals surface area (Å²) < 4.78 is 0. The third kappa shape index (κ3) is 0.930. The number of H-pyrrole nitrogens is 1. The molecule has 0 saturated carbocycles. The smallest absolute Gasteiger partial charge is 0.0923 e. The monoisotopic (exact) mass is 203 g/mol. The predicted octanol–water partition coefficient (Wildman–Crippen LogP) is 2.76. The highest BCUT2D eigenvalue weighted by molar-refractivity contribution is 6.37. The van der Waals surface area contributed by atoms with Crippen molar-refractivity contribution in [2.45, 2.75) is 0 Å². The maximum Gasteiger partial charge on any atom is 0.0923 e. The number of hydrogen-bond acceptors (Lipinski definition) is 2. The number of aromatic nitrogens is 3. The second-order valence-corrected chi connectivity index (χ2v) is 3.49. The molecule has 1 N–H and O–H groups in total. The highest BCUT2D eigenvalue weighted by atomic mass is 35.5. The summed E-state index contributed by atoms with van der Waals surface area (Å²) in [5.41, 5.74) is 1.85. The Morgan fingerprint density at radius 3 is 3.14 bits per heavy atom. The fourth-order valence-electron chi connectivity index (χ4n) is 1.62. The van der Waals surface area contributed by atoms with E-state index in [2.05, 4.69) is 15.0 Å². The molecule has 0 fully saturated rings. The van der Waals surface area contributed by atoms with E-state index in [0.717, 1.165) is 21.8 Å². The SMILES string of the molecule is Clc1cc2[nH]cncc2c2nccc12. The maximum absolute atomic E-state index is 6.10. The van der Waals surface area contributed by atoms with Gasteiger partial charge in [0.1, 0.15) is 0 Å². The van der Waals surface area contributed by atoms with E-state index in [0.29, 0.717) is 5.02 Å². The van der Waals surface area contributed by atoms with Crippen LogP contribution in [-0.4, -0.2) is 15.0 Å². The van der Waals surface area contributed by atoms with Crippen molar-refractivity contribution in [1.29, 1.82) is 0 Å². The van der Waals surface area contributed by atoms with E-state index in [-0.39, 0.29) is 0 Å². The Hall–Kier alpha value is -1.61. The van der Waals surface area contributed by atoms with Crippen molar-refractivity contribution >= 4 is 33.4 Å². The van der Waals surface area contributed by atoms with Gasteiger partial charge in [0.25, 0.3) is 0 Å². The number of hydrogen-bond donors (Lipinski definition) is 1. The summed E-state index contributed by atoms with van der Waals surface area (Å²) in [6.45, 7) is 0. The van der Waals surface area contributed by atoms with Crippen LogP contribution in [0.3, 0.4) is 0 Å². The first-order valence-electron chi connectivity index (χ1n) is 4.21. The minimum atomic E-state index is 0.715. The number of fused-ring (bicyclic) bond motifs is 3. The van der Waals surface area contributed by atoms with Crippen molar-refractivity contribution in [3.63, 3.8) is 0 Å². The number of nitrogens with zero attached hydrogens (tertiary/aromatic N) is 2. The molecular weight excluding hydrogens is 198 g/mol. The molecule has 4 heteroatoms. The van der Waals surface area contributed by atoms with Gasteiger partial charge >= 0.3 is 0 Å². The lowest BCUT2D eigenvalue weighted by Gasteiger charge is -2.00. The molecule has 3 aromatic rings. The van der Waals surface area contributed by atoms with E-state index in [9.17, 15) is 0 Å². The van der Waals surface area contributed by atoms with Crippen molar-refractivity contribution in [2.24, 2.45) is 0 Å². The molecule has 0 aliphatic heterocycles. The Labute approximate surface area is 84.7 Å². The molecule has 0 saturated heterocycles. The predicted molar refractivity (Wildman–Crippen MR) is 56.4 cm³/mol. The first-order valence-corrected chi connectivity index (χ1v) is 4.59. The van der Waals surface area contributed by atoms with Crippen LogP contribution >= 0.6 is 11.6 Å². The Balaban J connectivity index is 2.66. The van der Waals surface area contributed by atoms with Crippen molar-refractivity contribution in [3.05, 3.63) is 35.9 Å². The van der Waals surface area contributed by atoms with Crippen LogP contribution in [-0.2, 0) is 0 Å². The molecule has 0 bridgehead atoms. The van der Waals surface area contributed by atoms with Crippen molar-refractivity contribution < 1.29 is 0 Å². The summed E-state index contributed by atoms with van der Waals surface area (Å²) in [4.78, 5) is 11.3. The number of benzene rings is 1. The van der Waals surface area contributed by atoms with E-state index in [1.165, 1.54) is 0 Å². The first kappa shape index (κ1) is 7.76. The fourth-order valence-corrected chi connectivity index (χ4v) is 1.88. The fraction of sp³-hybridized carbons (Fsp3) is 0. The molecule has 3 rings (SSSR count). The number of nitrogens with one attached hydrogen (secondary N) is 1. The summed E-state index contributed by atoms with van der Waals surface area (Å²) in [6.07, 6.45) is 5.17. The molecule has 0 spiro atoms. The molecule has 0 amide bonds. The van der Waals surface area contributed by atoms with Gasteiger partial charge in [-0.25, -0.2) is 4.98 Å². The van der Waals surface area contributed by atoms with Crippen LogP contribution < -0.4 is 0 Å². The molecule has 2 aromatic heterocycles. The molecule has 0 unspecified atom stereocenters. The second kappa shape index (κ2) is 2.69. The number of halogens is 1. The van der Waals surface area contributed by atoms with Gasteiger partial charge in [0.2, 0.25) is 0 Å². The van der Waals surface area contributed by atoms with Crippen LogP contribution in [0.25, 0.3) is 21.8 Å². The lowest BCUT2D eigenvalue weighted by molar-refractivity contribution is 1.22. The Morgan fingerprint density at radius 2 is 2.21 bits per heavy atom. The Kier molecular flexibility index (Phi) is 1.49. The average molecular weight is 204 g/mol. The van der Waals surface area contributed by atoms with Crippen LogP contribution in [0.4, 0.5) is 0 Å². The standard InChI is InChI=1S/C10H6ClN3/c11-8-3-9-7(4-12-5-14-9)10-6(8)1-2-13-10/h1-5H,(H,12,14). The maximum atomic E-state index is 6.10. The average Bonchev–Trinajstić information content (AvgIpc) is 2.67. The van der Waals surface area contributed by atoms with Gasteiger partial charge in [-0.15, -0.1) is 0 Å². The molecular formula is C10H6ClN3. The van der Waals surface area contributed by atoms with E-state index in [1.54, 1.807) is 18.7 Å². The van der Waals surface area contributed by atoms with Crippen LogP contribution in [0.1, 0.15) is 0 Å². The van der Waals surface area contributed by atoms with Crippen LogP contribution in [0.5, 0.6) is 0 Å². The van der Waals surface area contributed by atoms with Crippen LogP contribution in [0.2, 0.25) is 5.02 Å². The van der Waals surface area contributed by atoms with Crippen molar-refractivity contribution in [3.8, 4) is 0 Å². The first-order chi connectivity index (χ1) is 6.86. The summed E-state index contributed by atoms with van der Waals surface area (Å²) in [6, 6.07) is 3.80. The molecule has 3 nitrogen and oxygen atoms in total. The zero-order chi connectivity index (χ0) is 9.54. The van der Waals surface area contributed by atoms with E-state index >= 15 is 0 Å². The second-order valence-electron chi connectivity index (χ2n) is 3.08. The topological polar surface area (TPSA) is 41.6 Å². The third-order valence-electron chi connectivity index (χ3n) is 2.27. The van der Waals surface area contributed by atoms with Gasteiger partial charge in [-0.05, 0) is 12.1 Å². The number of aromatic amines is 1. The quantitative estimate of drug-likeness (QED) is 0.611. The third-order valence-corrected chi connectivity index (χ3v) is 2.58. The van der Waals surface area contributed by atoms with Crippen LogP contribution in [0, 0.1) is 0 Å². The normalized spacial score (nSPS) is 11.2. The molecule has 68 valence electrons. The zero-order valence-corrected chi connectivity index (χ0v) is 7.92. The van der Waals surface area contributed by atoms with E-state index < -0.39 is 0 Å². The highest BCUT2D eigenvalue weighted by Crippen LogP contribution is 2.28. The summed E-state index contributed by atoms with van der Waals surface area (Å²) in [7, 11) is 0. The number of rotatable bonds is 0. The van der Waals surface area contributed by atoms with Crippen LogP contribution in [0.15, 0.2) is 30.9 Å². The minimum absolute atomic E-state index is 0.715. The van der Waals surface area contributed by atoms with Crippen molar-refractivity contribution in [2.75, 3.05) is 0 Å². The van der Waals surface area contributed by atoms with Gasteiger partial charge in [0.05, 0.1) is 22.4 Å². The lowest BCUT2D eigenvalue weighted by Crippen LogP contribution is -1.82. The molecule has 0 aliphatic rings. The molecule has 0 aliphatic carbocycles. The summed E-state index contributed by atoms with van der Waals surface area (Å²) in [5, 5.41) is 2.69. The molecule has 0 atom stereocenters. The van der Waals surface area contributed by atoms with E-state index in [1.807, 2.05) is 12.1 Å². The molecule has 1 aromatic carbocycles. The zero-order valence-electron chi connectivity index (χ0n) is 7.16. The Bertz CT molecular complexity index is 615. The van der Waals surface area contributed by atoms with Gasteiger partial charge in [-0.3, -0.25) is 4.98 Å². The lowest BCUT2D eigenvalue weighted by atomic mass is 10.2. The van der Waals surface area contributed by atoms with Gasteiger partial charge < -0.3 is 4.98 Å². The minimum Gasteiger partial charge on any atom is -0.346 e. The van der Waals surface area contributed by atoms with E-state index in [4.69, 9.17) is 11.6 Å². The molecule has 14 heavy (non-hydrogen) atoms. The van der Waals surface area contributed by atoms with Gasteiger partial charge in [0, 0.05) is 23.2 Å². The van der Waals surface area contributed by atoms with Crippen molar-refractivity contribution in [1.82, 2.24) is 15.0 Å². The Morgan fingerprint density at radius 1 is 1.29 bits per heavy atom. The molecule has 0 radical (unpaired) electrons. The molecule has 2 heterocycles. The van der Waals surface area contributed by atoms with Gasteiger partial charge in [-0.1, -0.05) is 11.6 Å². The highest BCUT2D eigenvalue weighted by Gasteiger charge is 2.06. The summed E-state index contributed by atoms with van der Waals surface area (Å²) >= 11 is 6.10. The van der Waals surface area contributed by atoms with Gasteiger partial charge in [-0.2, -0.15) is 0 Å². The summed E-state index contributed by atoms with van der Waals surface area (Å²) in [5.74, 6) is 0.